The van der Waals surface area contributed by atoms with Crippen molar-refractivity contribution >= 4 is 39.1 Å². The zero-order valence-corrected chi connectivity index (χ0v) is 23.0. The van der Waals surface area contributed by atoms with Gasteiger partial charge in [-0.2, -0.15) is 38.1 Å². The summed E-state index contributed by atoms with van der Waals surface area (Å²) < 4.78 is 123. The van der Waals surface area contributed by atoms with Crippen molar-refractivity contribution < 1.29 is 43.9 Å². The topological polar surface area (TPSA) is 54.5 Å². The summed E-state index contributed by atoms with van der Waals surface area (Å²) in [7, 11) is -4.38. The second kappa shape index (κ2) is 9.79. The van der Waals surface area contributed by atoms with Crippen LogP contribution in [-0.4, -0.2) is 55.7 Å². The summed E-state index contributed by atoms with van der Waals surface area (Å²) in [6.07, 6.45) is -12.3. The Morgan fingerprint density at radius 2 is 1.62 bits per heavy atom. The number of thioether (sulfide) groups is 1. The Morgan fingerprint density at radius 3 is 2.20 bits per heavy atom. The highest BCUT2D eigenvalue weighted by molar-refractivity contribution is 7.99. The van der Waals surface area contributed by atoms with Gasteiger partial charge in [0.2, 0.25) is 5.91 Å². The molecule has 4 nitrogen and oxygen atoms in total. The molecule has 2 saturated heterocycles. The van der Waals surface area contributed by atoms with Gasteiger partial charge in [-0.25, -0.2) is 12.8 Å². The van der Waals surface area contributed by atoms with Crippen molar-refractivity contribution in [1.82, 2.24) is 4.90 Å². The van der Waals surface area contributed by atoms with Crippen LogP contribution in [0.1, 0.15) is 36.0 Å². The minimum atomic E-state index is -6.31. The molecular weight excluding hydrogens is 607 g/mol. The SMILES string of the molecule is O=C(C1CCSC1)N1CCC2(S(=O)(=O)c3ccc(Cl)cc3)c3ccc(C(F)(C(F)(F)F)C(F)(F)F)cc3CCC12. The summed E-state index contributed by atoms with van der Waals surface area (Å²) in [5, 5.41) is 0.252. The molecule has 40 heavy (non-hydrogen) atoms. The van der Waals surface area contributed by atoms with Gasteiger partial charge < -0.3 is 4.90 Å². The summed E-state index contributed by atoms with van der Waals surface area (Å²) >= 11 is 7.54. The lowest BCUT2D eigenvalue weighted by Gasteiger charge is -2.43. The minimum absolute atomic E-state index is 0.0229. The molecule has 1 aliphatic carbocycles. The molecule has 2 aromatic rings. The molecule has 3 atom stereocenters. The van der Waals surface area contributed by atoms with Gasteiger partial charge in [0.15, 0.2) is 9.84 Å². The van der Waals surface area contributed by atoms with Gasteiger partial charge in [0.25, 0.3) is 0 Å². The first-order chi connectivity index (χ1) is 18.6. The van der Waals surface area contributed by atoms with E-state index in [2.05, 4.69) is 0 Å². The molecule has 2 aliphatic heterocycles. The van der Waals surface area contributed by atoms with E-state index in [0.29, 0.717) is 24.3 Å². The molecule has 2 fully saturated rings. The summed E-state index contributed by atoms with van der Waals surface area (Å²) in [5.41, 5.74) is -7.47. The molecule has 0 N–H and O–H groups in total. The van der Waals surface area contributed by atoms with E-state index in [0.717, 1.165) is 11.8 Å². The van der Waals surface area contributed by atoms with Gasteiger partial charge in [-0.3, -0.25) is 4.79 Å². The molecule has 0 saturated carbocycles. The fourth-order valence-corrected chi connectivity index (χ4v) is 9.99. The molecule has 2 heterocycles. The first kappa shape index (κ1) is 29.5. The number of alkyl halides is 7. The van der Waals surface area contributed by atoms with Crippen molar-refractivity contribution in [2.75, 3.05) is 18.1 Å². The average Bonchev–Trinajstić information content (AvgIpc) is 3.56. The monoisotopic (exact) mass is 629 g/mol. The van der Waals surface area contributed by atoms with Crippen LogP contribution in [0.5, 0.6) is 0 Å². The van der Waals surface area contributed by atoms with Crippen molar-refractivity contribution in [2.24, 2.45) is 5.92 Å². The first-order valence-electron chi connectivity index (χ1n) is 12.4. The standard InChI is InChI=1S/C26H23ClF7NO3S2/c27-18-3-5-19(6-4-18)40(37,38)23-10-11-35(22(36)16-9-12-39-14-16)21(23)8-1-15-13-17(2-7-20(15)23)24(28,25(29,30)31)26(32,33)34/h2-7,13,16,21H,1,8-12,14H2. The van der Waals surface area contributed by atoms with Crippen LogP contribution in [0.15, 0.2) is 47.4 Å². The van der Waals surface area contributed by atoms with Gasteiger partial charge in [0, 0.05) is 28.8 Å². The molecule has 5 rings (SSSR count). The number of likely N-dealkylation sites (tertiary alicyclic amines) is 1. The van der Waals surface area contributed by atoms with E-state index in [1.165, 1.54) is 29.2 Å². The lowest BCUT2D eigenvalue weighted by molar-refractivity contribution is -0.348. The fourth-order valence-electron chi connectivity index (χ4n) is 6.28. The minimum Gasteiger partial charge on any atom is -0.337 e. The normalized spacial score (nSPS) is 25.6. The van der Waals surface area contributed by atoms with E-state index in [1.54, 1.807) is 11.8 Å². The molecule has 0 bridgehead atoms. The van der Waals surface area contributed by atoms with Crippen LogP contribution < -0.4 is 0 Å². The number of amides is 1. The number of sulfone groups is 1. The number of benzene rings is 2. The van der Waals surface area contributed by atoms with Crippen LogP contribution in [0, 0.1) is 5.92 Å². The summed E-state index contributed by atoms with van der Waals surface area (Å²) in [6.45, 7) is 0.0385. The number of carbonyl (C=O) groups is 1. The van der Waals surface area contributed by atoms with E-state index < -0.39 is 44.2 Å². The van der Waals surface area contributed by atoms with E-state index >= 15 is 0 Å². The number of halogens is 8. The smallest absolute Gasteiger partial charge is 0.337 e. The molecule has 14 heteroatoms. The maximum atomic E-state index is 14.9. The first-order valence-corrected chi connectivity index (χ1v) is 15.4. The lowest BCUT2D eigenvalue weighted by Crippen LogP contribution is -2.53. The van der Waals surface area contributed by atoms with Crippen LogP contribution in [0.3, 0.4) is 0 Å². The number of hydrogen-bond acceptors (Lipinski definition) is 4. The van der Waals surface area contributed by atoms with Gasteiger partial charge in [-0.1, -0.05) is 29.8 Å². The summed E-state index contributed by atoms with van der Waals surface area (Å²) in [6, 6.07) is 6.02. The van der Waals surface area contributed by atoms with Gasteiger partial charge >= 0.3 is 18.0 Å². The molecule has 3 aliphatic rings. The Labute approximate surface area is 235 Å². The van der Waals surface area contributed by atoms with Crippen molar-refractivity contribution in [1.29, 1.82) is 0 Å². The van der Waals surface area contributed by atoms with Crippen molar-refractivity contribution in [3.63, 3.8) is 0 Å². The Morgan fingerprint density at radius 1 is 0.975 bits per heavy atom. The number of fused-ring (bicyclic) bond motifs is 3. The molecule has 0 spiro atoms. The zero-order valence-electron chi connectivity index (χ0n) is 20.7. The highest BCUT2D eigenvalue weighted by Gasteiger charge is 2.74. The molecule has 0 aromatic heterocycles. The maximum absolute atomic E-state index is 14.9. The molecule has 1 amide bonds. The van der Waals surface area contributed by atoms with Crippen molar-refractivity contribution in [3.8, 4) is 0 Å². The maximum Gasteiger partial charge on any atom is 0.435 e. The van der Waals surface area contributed by atoms with Crippen LogP contribution in [0.25, 0.3) is 0 Å². The number of aryl methyl sites for hydroxylation is 1. The number of rotatable bonds is 4. The second-order valence-electron chi connectivity index (χ2n) is 10.3. The third-order valence-electron chi connectivity index (χ3n) is 8.23. The Hall–Kier alpha value is -1.99. The van der Waals surface area contributed by atoms with Crippen LogP contribution in [-0.2, 0) is 31.5 Å². The van der Waals surface area contributed by atoms with Crippen molar-refractivity contribution in [3.05, 3.63) is 64.2 Å². The second-order valence-corrected chi connectivity index (χ2v) is 14.1. The van der Waals surface area contributed by atoms with E-state index in [1.807, 2.05) is 0 Å². The summed E-state index contributed by atoms with van der Waals surface area (Å²) in [4.78, 5) is 14.8. The zero-order chi connectivity index (χ0) is 29.3. The summed E-state index contributed by atoms with van der Waals surface area (Å²) in [5.74, 6) is 0.818. The van der Waals surface area contributed by atoms with Crippen LogP contribution in [0.4, 0.5) is 30.7 Å². The van der Waals surface area contributed by atoms with E-state index in [-0.39, 0.29) is 58.7 Å². The molecule has 2 aromatic carbocycles. The Balaban J connectivity index is 1.69. The van der Waals surface area contributed by atoms with Crippen LogP contribution >= 0.6 is 23.4 Å². The molecule has 218 valence electrons. The molecule has 0 radical (unpaired) electrons. The largest absolute Gasteiger partial charge is 0.435 e. The van der Waals surface area contributed by atoms with Gasteiger partial charge in [-0.05, 0) is 66.8 Å². The average molecular weight is 630 g/mol. The number of hydrogen-bond donors (Lipinski definition) is 0. The van der Waals surface area contributed by atoms with E-state index in [4.69, 9.17) is 11.6 Å². The third-order valence-corrected chi connectivity index (χ3v) is 12.2. The van der Waals surface area contributed by atoms with E-state index in [9.17, 15) is 43.9 Å². The Bertz CT molecular complexity index is 1410. The fraction of sp³-hybridized carbons (Fsp3) is 0.500. The predicted octanol–water partition coefficient (Wildman–Crippen LogP) is 6.60. The lowest BCUT2D eigenvalue weighted by atomic mass is 9.76. The van der Waals surface area contributed by atoms with Gasteiger partial charge in [0.05, 0.1) is 10.9 Å². The quantitative estimate of drug-likeness (QED) is 0.358. The number of carbonyl (C=O) groups excluding carboxylic acids is 1. The number of nitrogens with zero attached hydrogens (tertiary/aromatic N) is 1. The molecular formula is C26H23ClF7NO3S2. The van der Waals surface area contributed by atoms with Gasteiger partial charge in [0.1, 0.15) is 4.75 Å². The Kier molecular flexibility index (Phi) is 7.22. The highest BCUT2D eigenvalue weighted by atomic mass is 35.5. The third kappa shape index (κ3) is 4.24. The van der Waals surface area contributed by atoms with Crippen molar-refractivity contribution in [2.45, 2.75) is 59.4 Å². The molecule has 3 unspecified atom stereocenters. The predicted molar refractivity (Wildman–Crippen MR) is 136 cm³/mol. The van der Waals surface area contributed by atoms with Gasteiger partial charge in [-0.15, -0.1) is 0 Å². The highest BCUT2D eigenvalue weighted by Crippen LogP contribution is 2.57. The van der Waals surface area contributed by atoms with Crippen LogP contribution in [0.2, 0.25) is 5.02 Å².